The van der Waals surface area contributed by atoms with E-state index >= 15 is 0 Å². The highest BCUT2D eigenvalue weighted by Gasteiger charge is 2.29. The van der Waals surface area contributed by atoms with Crippen LogP contribution in [0.4, 0.5) is 5.69 Å². The van der Waals surface area contributed by atoms with Gasteiger partial charge in [-0.3, -0.25) is 14.9 Å². The molecule has 7 nitrogen and oxygen atoms in total. The Morgan fingerprint density at radius 2 is 2.20 bits per heavy atom. The van der Waals surface area contributed by atoms with Gasteiger partial charge in [0.2, 0.25) is 5.91 Å². The molecule has 7 heteroatoms. The first kappa shape index (κ1) is 14.0. The van der Waals surface area contributed by atoms with Crippen LogP contribution >= 0.6 is 0 Å². The molecule has 2 rings (SSSR count). The Kier molecular flexibility index (Phi) is 3.97. The van der Waals surface area contributed by atoms with E-state index in [4.69, 9.17) is 4.74 Å². The number of nitrogens with zero attached hydrogens (tertiary/aromatic N) is 2. The van der Waals surface area contributed by atoms with Gasteiger partial charge in [-0.05, 0) is 31.9 Å². The lowest BCUT2D eigenvalue weighted by Gasteiger charge is -2.05. The molecular weight excluding hydrogens is 262 g/mol. The molecule has 0 unspecified atom stereocenters. The summed E-state index contributed by atoms with van der Waals surface area (Å²) in [4.78, 5) is 21.9. The maximum Gasteiger partial charge on any atom is 0.311 e. The lowest BCUT2D eigenvalue weighted by atomic mass is 10.1. The van der Waals surface area contributed by atoms with Crippen molar-refractivity contribution in [2.75, 3.05) is 7.11 Å². The third-order valence-electron chi connectivity index (χ3n) is 3.08. The molecule has 1 aromatic rings. The first-order valence-electron chi connectivity index (χ1n) is 6.20. The monoisotopic (exact) mass is 277 g/mol. The van der Waals surface area contributed by atoms with Crippen molar-refractivity contribution in [3.63, 3.8) is 0 Å². The number of nitro groups is 1. The number of methoxy groups -OCH3 is 1. The van der Waals surface area contributed by atoms with Gasteiger partial charge in [0.15, 0.2) is 5.75 Å². The molecule has 0 aliphatic heterocycles. The van der Waals surface area contributed by atoms with Crippen LogP contribution in [0.3, 0.4) is 0 Å². The van der Waals surface area contributed by atoms with Crippen LogP contribution in [0.25, 0.3) is 0 Å². The van der Waals surface area contributed by atoms with E-state index in [1.54, 1.807) is 13.0 Å². The highest BCUT2D eigenvalue weighted by Crippen LogP contribution is 2.29. The summed E-state index contributed by atoms with van der Waals surface area (Å²) < 4.78 is 4.93. The van der Waals surface area contributed by atoms with Crippen LogP contribution in [0.1, 0.15) is 25.3 Å². The SMILES string of the molecule is COc1ccc(/C(C)=N\NC(=O)C2CC2)cc1[N+](=O)[O-]. The summed E-state index contributed by atoms with van der Waals surface area (Å²) in [6.07, 6.45) is 1.79. The van der Waals surface area contributed by atoms with Crippen molar-refractivity contribution in [1.29, 1.82) is 0 Å². The van der Waals surface area contributed by atoms with Gasteiger partial charge in [0.05, 0.1) is 17.7 Å². The molecule has 0 saturated heterocycles. The van der Waals surface area contributed by atoms with E-state index in [2.05, 4.69) is 10.5 Å². The Labute approximate surface area is 115 Å². The van der Waals surface area contributed by atoms with Crippen molar-refractivity contribution in [3.05, 3.63) is 33.9 Å². The van der Waals surface area contributed by atoms with Crippen molar-refractivity contribution in [3.8, 4) is 5.75 Å². The van der Waals surface area contributed by atoms with Crippen LogP contribution in [0.2, 0.25) is 0 Å². The number of hydrazone groups is 1. The number of nitrogens with one attached hydrogen (secondary N) is 1. The second kappa shape index (κ2) is 5.68. The fraction of sp³-hybridized carbons (Fsp3) is 0.385. The zero-order valence-corrected chi connectivity index (χ0v) is 11.3. The molecule has 20 heavy (non-hydrogen) atoms. The van der Waals surface area contributed by atoms with Crippen LogP contribution in [0.15, 0.2) is 23.3 Å². The molecule has 0 bridgehead atoms. The quantitative estimate of drug-likeness (QED) is 0.505. The van der Waals surface area contributed by atoms with E-state index in [-0.39, 0.29) is 23.3 Å². The maximum absolute atomic E-state index is 11.5. The number of nitro benzene ring substituents is 1. The van der Waals surface area contributed by atoms with E-state index in [0.29, 0.717) is 11.3 Å². The number of hydrogen-bond donors (Lipinski definition) is 1. The van der Waals surface area contributed by atoms with Crippen LogP contribution in [0, 0.1) is 16.0 Å². The van der Waals surface area contributed by atoms with Gasteiger partial charge in [-0.1, -0.05) is 0 Å². The Morgan fingerprint density at radius 3 is 2.75 bits per heavy atom. The van der Waals surface area contributed by atoms with Gasteiger partial charge in [-0.15, -0.1) is 0 Å². The van der Waals surface area contributed by atoms with Gasteiger partial charge in [0.25, 0.3) is 0 Å². The molecule has 1 aromatic carbocycles. The minimum absolute atomic E-state index is 0.0664. The average molecular weight is 277 g/mol. The van der Waals surface area contributed by atoms with Crippen LogP contribution in [0.5, 0.6) is 5.75 Å². The second-order valence-electron chi connectivity index (χ2n) is 4.59. The molecule has 1 N–H and O–H groups in total. The highest BCUT2D eigenvalue weighted by atomic mass is 16.6. The molecule has 106 valence electrons. The van der Waals surface area contributed by atoms with Crippen molar-refractivity contribution in [1.82, 2.24) is 5.43 Å². The number of hydrogen-bond acceptors (Lipinski definition) is 5. The summed E-state index contributed by atoms with van der Waals surface area (Å²) in [5, 5.41) is 14.9. The summed E-state index contributed by atoms with van der Waals surface area (Å²) in [6.45, 7) is 1.68. The standard InChI is InChI=1S/C13H15N3O4/c1-8(14-15-13(17)9-3-4-9)10-5-6-12(20-2)11(7-10)16(18)19/h5-7,9H,3-4H2,1-2H3,(H,15,17)/b14-8-. The zero-order chi connectivity index (χ0) is 14.7. The zero-order valence-electron chi connectivity index (χ0n) is 11.3. The van der Waals surface area contributed by atoms with Gasteiger partial charge in [0.1, 0.15) is 0 Å². The largest absolute Gasteiger partial charge is 0.490 e. The van der Waals surface area contributed by atoms with Crippen molar-refractivity contribution >= 4 is 17.3 Å². The number of benzene rings is 1. The molecule has 0 aromatic heterocycles. The van der Waals surface area contributed by atoms with Crippen molar-refractivity contribution in [2.24, 2.45) is 11.0 Å². The summed E-state index contributed by atoms with van der Waals surface area (Å²) in [5.41, 5.74) is 3.40. The summed E-state index contributed by atoms with van der Waals surface area (Å²) >= 11 is 0. The summed E-state index contributed by atoms with van der Waals surface area (Å²) in [6, 6.07) is 4.55. The van der Waals surface area contributed by atoms with Crippen LogP contribution in [-0.2, 0) is 4.79 Å². The Bertz CT molecular complexity index is 579. The molecule has 0 spiro atoms. The van der Waals surface area contributed by atoms with E-state index in [1.165, 1.54) is 19.2 Å². The van der Waals surface area contributed by atoms with Gasteiger partial charge in [0, 0.05) is 17.5 Å². The number of ether oxygens (including phenoxy) is 1. The molecule has 1 aliphatic rings. The predicted octanol–water partition coefficient (Wildman–Crippen LogP) is 1.85. The van der Waals surface area contributed by atoms with Crippen LogP contribution < -0.4 is 10.2 Å². The highest BCUT2D eigenvalue weighted by molar-refractivity contribution is 6.00. The van der Waals surface area contributed by atoms with Gasteiger partial charge < -0.3 is 4.74 Å². The third-order valence-corrected chi connectivity index (χ3v) is 3.08. The molecule has 1 amide bonds. The smallest absolute Gasteiger partial charge is 0.311 e. The Balaban J connectivity index is 2.18. The fourth-order valence-corrected chi connectivity index (χ4v) is 1.70. The molecule has 0 heterocycles. The first-order valence-corrected chi connectivity index (χ1v) is 6.20. The molecule has 1 fully saturated rings. The summed E-state index contributed by atoms with van der Waals surface area (Å²) in [5.74, 6) is 0.151. The maximum atomic E-state index is 11.5. The molecule has 0 radical (unpaired) electrons. The minimum Gasteiger partial charge on any atom is -0.490 e. The number of carbonyl (C=O) groups is 1. The molecule has 1 saturated carbocycles. The lowest BCUT2D eigenvalue weighted by molar-refractivity contribution is -0.385. The van der Waals surface area contributed by atoms with Gasteiger partial charge in [-0.2, -0.15) is 5.10 Å². The van der Waals surface area contributed by atoms with E-state index < -0.39 is 4.92 Å². The van der Waals surface area contributed by atoms with E-state index in [0.717, 1.165) is 12.8 Å². The van der Waals surface area contributed by atoms with Gasteiger partial charge >= 0.3 is 5.69 Å². The van der Waals surface area contributed by atoms with Crippen LogP contribution in [-0.4, -0.2) is 23.7 Å². The fourth-order valence-electron chi connectivity index (χ4n) is 1.70. The Morgan fingerprint density at radius 1 is 1.50 bits per heavy atom. The predicted molar refractivity (Wildman–Crippen MR) is 72.7 cm³/mol. The normalized spacial score (nSPS) is 14.8. The number of carbonyl (C=O) groups excluding carboxylic acids is 1. The third kappa shape index (κ3) is 3.11. The Hall–Kier alpha value is -2.44. The topological polar surface area (TPSA) is 93.8 Å². The molecule has 1 aliphatic carbocycles. The van der Waals surface area contributed by atoms with Gasteiger partial charge in [-0.25, -0.2) is 5.43 Å². The molecular formula is C13H15N3O4. The number of amides is 1. The van der Waals surface area contributed by atoms with Crippen molar-refractivity contribution < 1.29 is 14.5 Å². The molecule has 0 atom stereocenters. The minimum atomic E-state index is -0.515. The summed E-state index contributed by atoms with van der Waals surface area (Å²) in [7, 11) is 1.37. The van der Waals surface area contributed by atoms with E-state index in [9.17, 15) is 14.9 Å². The lowest BCUT2D eigenvalue weighted by Crippen LogP contribution is -2.20. The first-order chi connectivity index (χ1) is 9.52. The second-order valence-corrected chi connectivity index (χ2v) is 4.59. The average Bonchev–Trinajstić information content (AvgIpc) is 3.28. The number of rotatable bonds is 5. The van der Waals surface area contributed by atoms with E-state index in [1.807, 2.05) is 0 Å². The van der Waals surface area contributed by atoms with Crippen molar-refractivity contribution in [2.45, 2.75) is 19.8 Å².